The average Bonchev–Trinajstić information content (AvgIpc) is 2.26. The molecule has 0 unspecified atom stereocenters. The highest BCUT2D eigenvalue weighted by molar-refractivity contribution is 9.09. The molecule has 15 heavy (non-hydrogen) atoms. The van der Waals surface area contributed by atoms with Crippen LogP contribution in [-0.4, -0.2) is 5.33 Å². The summed E-state index contributed by atoms with van der Waals surface area (Å²) in [6.07, 6.45) is 0. The van der Waals surface area contributed by atoms with Crippen LogP contribution >= 0.6 is 15.9 Å². The van der Waals surface area contributed by atoms with Gasteiger partial charge in [0, 0.05) is 11.3 Å². The summed E-state index contributed by atoms with van der Waals surface area (Å²) in [5.41, 5.74) is 7.54. The second-order valence-corrected chi connectivity index (χ2v) is 3.82. The van der Waals surface area contributed by atoms with Gasteiger partial charge in [-0.05, 0) is 35.0 Å². The lowest BCUT2D eigenvalue weighted by Gasteiger charge is -1.99. The smallest absolute Gasteiger partial charge is 0.0649 e. The maximum Gasteiger partial charge on any atom is 0.0649 e. The maximum atomic E-state index is 5.71. The molecule has 74 valence electrons. The minimum atomic E-state index is 0.701. The predicted octanol–water partition coefficient (Wildman–Crippen LogP) is 3.17. The fourth-order valence-corrected chi connectivity index (χ4v) is 1.62. The molecule has 0 aliphatic rings. The van der Waals surface area contributed by atoms with Crippen molar-refractivity contribution >= 4 is 32.4 Å². The van der Waals surface area contributed by atoms with Gasteiger partial charge < -0.3 is 5.73 Å². The fraction of sp³-hybridized carbons (Fsp3) is 0.0769. The monoisotopic (exact) mass is 259 g/mol. The molecule has 0 radical (unpaired) electrons. The van der Waals surface area contributed by atoms with Crippen LogP contribution in [0.15, 0.2) is 36.4 Å². The number of alkyl halides is 1. The van der Waals surface area contributed by atoms with Crippen molar-refractivity contribution in [3.05, 3.63) is 42.0 Å². The third-order valence-electron chi connectivity index (χ3n) is 2.16. The first kappa shape index (κ1) is 10.1. The molecule has 0 atom stereocenters. The normalized spacial score (nSPS) is 9.67. The first-order valence-corrected chi connectivity index (χ1v) is 5.76. The third kappa shape index (κ3) is 2.31. The quantitative estimate of drug-likeness (QED) is 0.439. The van der Waals surface area contributed by atoms with E-state index in [4.69, 9.17) is 5.73 Å². The van der Waals surface area contributed by atoms with E-state index >= 15 is 0 Å². The zero-order chi connectivity index (χ0) is 10.7. The van der Waals surface area contributed by atoms with E-state index in [1.807, 2.05) is 30.3 Å². The van der Waals surface area contributed by atoms with Crippen molar-refractivity contribution in [2.45, 2.75) is 0 Å². The number of nitrogens with two attached hydrogens (primary N) is 1. The summed E-state index contributed by atoms with van der Waals surface area (Å²) in [5.74, 6) is 6.06. The van der Waals surface area contributed by atoms with Crippen molar-refractivity contribution in [2.75, 3.05) is 11.1 Å². The molecule has 0 aliphatic heterocycles. The fourth-order valence-electron chi connectivity index (χ4n) is 1.48. The molecule has 0 amide bonds. The van der Waals surface area contributed by atoms with Gasteiger partial charge >= 0.3 is 0 Å². The van der Waals surface area contributed by atoms with Crippen molar-refractivity contribution in [3.8, 4) is 11.8 Å². The van der Waals surface area contributed by atoms with Crippen LogP contribution in [0, 0.1) is 11.8 Å². The first-order valence-electron chi connectivity index (χ1n) is 4.64. The molecule has 0 bridgehead atoms. The molecular weight excluding hydrogens is 250 g/mol. The Morgan fingerprint density at radius 2 is 1.80 bits per heavy atom. The van der Waals surface area contributed by atoms with E-state index in [1.165, 1.54) is 5.39 Å². The summed E-state index contributed by atoms with van der Waals surface area (Å²) in [5, 5.41) is 3.03. The number of hydrogen-bond donors (Lipinski definition) is 1. The predicted molar refractivity (Wildman–Crippen MR) is 69.0 cm³/mol. The van der Waals surface area contributed by atoms with Gasteiger partial charge in [-0.25, -0.2) is 0 Å². The van der Waals surface area contributed by atoms with Crippen LogP contribution in [0.4, 0.5) is 5.69 Å². The number of anilines is 1. The lowest BCUT2D eigenvalue weighted by Crippen LogP contribution is -1.84. The molecule has 0 saturated heterocycles. The Labute approximate surface area is 97.4 Å². The van der Waals surface area contributed by atoms with Gasteiger partial charge in [-0.15, -0.1) is 0 Å². The van der Waals surface area contributed by atoms with Crippen LogP contribution in [0.2, 0.25) is 0 Å². The number of fused-ring (bicyclic) bond motifs is 1. The third-order valence-corrected chi connectivity index (χ3v) is 2.44. The Morgan fingerprint density at radius 1 is 1.07 bits per heavy atom. The van der Waals surface area contributed by atoms with E-state index < -0.39 is 0 Å². The highest BCUT2D eigenvalue weighted by atomic mass is 79.9. The topological polar surface area (TPSA) is 26.0 Å². The number of benzene rings is 2. The molecule has 2 aromatic rings. The summed E-state index contributed by atoms with van der Waals surface area (Å²) in [4.78, 5) is 0. The van der Waals surface area contributed by atoms with E-state index in [0.29, 0.717) is 5.33 Å². The van der Waals surface area contributed by atoms with Crippen molar-refractivity contribution in [1.82, 2.24) is 0 Å². The molecule has 2 N–H and O–H groups in total. The molecule has 2 aromatic carbocycles. The van der Waals surface area contributed by atoms with Crippen molar-refractivity contribution in [1.29, 1.82) is 0 Å². The van der Waals surface area contributed by atoms with E-state index in [1.54, 1.807) is 0 Å². The highest BCUT2D eigenvalue weighted by Crippen LogP contribution is 2.18. The second kappa shape index (κ2) is 4.37. The lowest BCUT2D eigenvalue weighted by molar-refractivity contribution is 1.68. The van der Waals surface area contributed by atoms with Gasteiger partial charge in [0.1, 0.15) is 0 Å². The summed E-state index contributed by atoms with van der Waals surface area (Å²) >= 11 is 3.28. The van der Waals surface area contributed by atoms with E-state index in [9.17, 15) is 0 Å². The highest BCUT2D eigenvalue weighted by Gasteiger charge is 1.94. The van der Waals surface area contributed by atoms with Crippen LogP contribution in [0.1, 0.15) is 5.56 Å². The molecule has 0 heterocycles. The Kier molecular flexibility index (Phi) is 2.94. The van der Waals surface area contributed by atoms with Gasteiger partial charge in [-0.3, -0.25) is 0 Å². The van der Waals surface area contributed by atoms with E-state index in [2.05, 4.69) is 33.8 Å². The van der Waals surface area contributed by atoms with Crippen LogP contribution in [-0.2, 0) is 0 Å². The summed E-state index contributed by atoms with van der Waals surface area (Å²) < 4.78 is 0. The van der Waals surface area contributed by atoms with Gasteiger partial charge in [0.2, 0.25) is 0 Å². The molecule has 1 nitrogen and oxygen atoms in total. The molecule has 0 aromatic heterocycles. The molecule has 0 fully saturated rings. The Hall–Kier alpha value is -1.46. The van der Waals surface area contributed by atoms with Gasteiger partial charge in [0.05, 0.1) is 5.33 Å². The maximum absolute atomic E-state index is 5.71. The van der Waals surface area contributed by atoms with Gasteiger partial charge in [0.25, 0.3) is 0 Å². The standard InChI is InChI=1S/C13H10BrN/c14-7-1-2-10-3-4-12-9-13(15)6-5-11(12)8-10/h3-6,8-9H,7,15H2. The number of halogens is 1. The Balaban J connectivity index is 2.52. The second-order valence-electron chi connectivity index (χ2n) is 3.26. The molecule has 0 spiro atoms. The molecule has 0 saturated carbocycles. The van der Waals surface area contributed by atoms with Crippen LogP contribution < -0.4 is 5.73 Å². The van der Waals surface area contributed by atoms with E-state index in [-0.39, 0.29) is 0 Å². The van der Waals surface area contributed by atoms with Crippen LogP contribution in [0.25, 0.3) is 10.8 Å². The van der Waals surface area contributed by atoms with Gasteiger partial charge in [-0.1, -0.05) is 39.9 Å². The summed E-state index contributed by atoms with van der Waals surface area (Å²) in [6.45, 7) is 0. The lowest BCUT2D eigenvalue weighted by atomic mass is 10.1. The van der Waals surface area contributed by atoms with Crippen molar-refractivity contribution in [2.24, 2.45) is 0 Å². The largest absolute Gasteiger partial charge is 0.399 e. The average molecular weight is 260 g/mol. The minimum absolute atomic E-state index is 0.701. The molecule has 0 aliphatic carbocycles. The Morgan fingerprint density at radius 3 is 2.60 bits per heavy atom. The number of nitrogen functional groups attached to an aromatic ring is 1. The molecule has 2 rings (SSSR count). The van der Waals surface area contributed by atoms with Crippen LogP contribution in [0.5, 0.6) is 0 Å². The van der Waals surface area contributed by atoms with E-state index in [0.717, 1.165) is 16.6 Å². The van der Waals surface area contributed by atoms with Crippen LogP contribution in [0.3, 0.4) is 0 Å². The van der Waals surface area contributed by atoms with Crippen molar-refractivity contribution < 1.29 is 0 Å². The molecular formula is C13H10BrN. The first-order chi connectivity index (χ1) is 7.29. The Bertz CT molecular complexity index is 549. The SMILES string of the molecule is Nc1ccc2cc(C#CCBr)ccc2c1. The van der Waals surface area contributed by atoms with Gasteiger partial charge in [0.15, 0.2) is 0 Å². The van der Waals surface area contributed by atoms with Gasteiger partial charge in [-0.2, -0.15) is 0 Å². The minimum Gasteiger partial charge on any atom is -0.399 e. The zero-order valence-corrected chi connectivity index (χ0v) is 9.71. The summed E-state index contributed by atoms with van der Waals surface area (Å²) in [6, 6.07) is 12.0. The van der Waals surface area contributed by atoms with Crippen molar-refractivity contribution in [3.63, 3.8) is 0 Å². The molecule has 2 heteroatoms. The zero-order valence-electron chi connectivity index (χ0n) is 8.13. The summed E-state index contributed by atoms with van der Waals surface area (Å²) in [7, 11) is 0. The number of hydrogen-bond acceptors (Lipinski definition) is 1. The number of rotatable bonds is 0.